The number of nitrogens with zero attached hydrogens (tertiary/aromatic N) is 2. The predicted molar refractivity (Wildman–Crippen MR) is 174 cm³/mol. The quantitative estimate of drug-likeness (QED) is 0.263. The summed E-state index contributed by atoms with van der Waals surface area (Å²) >= 11 is 0. The highest BCUT2D eigenvalue weighted by Crippen LogP contribution is 2.54. The molecule has 2 atom stereocenters. The number of phenolic OH excluding ortho intramolecular Hbond substituents is 2. The fraction of sp³-hybridized carbons (Fsp3) is 0.351. The van der Waals surface area contributed by atoms with Gasteiger partial charge in [0.2, 0.25) is 11.5 Å². The number of likely N-dealkylation sites (N-methyl/N-ethyl adjacent to an activating group) is 2. The maximum absolute atomic E-state index is 11.7. The molecular formula is C37H40N2O7. The van der Waals surface area contributed by atoms with Gasteiger partial charge in [0.05, 0.1) is 21.3 Å². The van der Waals surface area contributed by atoms with Crippen LogP contribution >= 0.6 is 0 Å². The minimum absolute atomic E-state index is 0.0975. The zero-order chi connectivity index (χ0) is 32.1. The standard InChI is InChI=1S/C37H40N2O7/c1-38-14-12-23-19-30(43-4)34(40)36-32(23)26(38)16-21-6-9-25(10-7-21)45-29-18-22(8-11-28(29)42-3)17-27-33-24(13-15-39(27)2)20-31(44-5)35(41)37(33)46-36/h6-11,18-20,26-27,40-41H,12-17H2,1-5H3/t26-,27-/m1/s1. The molecule has 4 aromatic rings. The van der Waals surface area contributed by atoms with E-state index in [0.717, 1.165) is 59.3 Å². The van der Waals surface area contributed by atoms with Gasteiger partial charge in [-0.05, 0) is 98.4 Å². The van der Waals surface area contributed by atoms with Crippen LogP contribution in [0.25, 0.3) is 0 Å². The molecule has 4 aliphatic heterocycles. The minimum Gasteiger partial charge on any atom is -0.502 e. The van der Waals surface area contributed by atoms with Crippen molar-refractivity contribution in [2.75, 3.05) is 48.5 Å². The van der Waals surface area contributed by atoms with Crippen molar-refractivity contribution in [1.29, 1.82) is 0 Å². The van der Waals surface area contributed by atoms with Crippen molar-refractivity contribution >= 4 is 0 Å². The summed E-state index contributed by atoms with van der Waals surface area (Å²) in [6.45, 7) is 1.64. The summed E-state index contributed by atoms with van der Waals surface area (Å²) in [6.07, 6.45) is 2.78. The maximum atomic E-state index is 11.7. The molecule has 2 N–H and O–H groups in total. The molecule has 0 spiro atoms. The first-order valence-corrected chi connectivity index (χ1v) is 15.7. The summed E-state index contributed by atoms with van der Waals surface area (Å²) in [7, 11) is 8.90. The molecule has 0 unspecified atom stereocenters. The molecule has 4 heterocycles. The van der Waals surface area contributed by atoms with E-state index in [4.69, 9.17) is 23.7 Å². The summed E-state index contributed by atoms with van der Waals surface area (Å²) in [5.41, 5.74) is 5.94. The molecule has 0 amide bonds. The molecule has 0 aromatic heterocycles. The van der Waals surface area contributed by atoms with Gasteiger partial charge in [-0.15, -0.1) is 0 Å². The second-order valence-electron chi connectivity index (χ2n) is 12.4. The van der Waals surface area contributed by atoms with Crippen LogP contribution in [0.15, 0.2) is 54.6 Å². The third-order valence-corrected chi connectivity index (χ3v) is 9.77. The fourth-order valence-electron chi connectivity index (χ4n) is 7.20. The van der Waals surface area contributed by atoms with Crippen molar-refractivity contribution in [2.24, 2.45) is 0 Å². The summed E-state index contributed by atoms with van der Waals surface area (Å²) in [6, 6.07) is 17.6. The largest absolute Gasteiger partial charge is 0.502 e. The molecule has 9 heteroatoms. The van der Waals surface area contributed by atoms with Crippen molar-refractivity contribution in [3.63, 3.8) is 0 Å². The molecule has 9 nitrogen and oxygen atoms in total. The van der Waals surface area contributed by atoms with Gasteiger partial charge in [-0.1, -0.05) is 18.2 Å². The zero-order valence-corrected chi connectivity index (χ0v) is 26.9. The van der Waals surface area contributed by atoms with E-state index in [1.165, 1.54) is 0 Å². The predicted octanol–water partition coefficient (Wildman–Crippen LogP) is 6.57. The van der Waals surface area contributed by atoms with Crippen LogP contribution in [-0.2, 0) is 25.7 Å². The molecule has 4 aliphatic rings. The van der Waals surface area contributed by atoms with Crippen LogP contribution in [0.1, 0.15) is 45.5 Å². The normalized spacial score (nSPS) is 19.2. The number of hydrogen-bond acceptors (Lipinski definition) is 9. The highest BCUT2D eigenvalue weighted by Gasteiger charge is 2.36. The van der Waals surface area contributed by atoms with E-state index < -0.39 is 0 Å². The van der Waals surface area contributed by atoms with Crippen molar-refractivity contribution in [3.8, 4) is 51.7 Å². The number of benzene rings is 4. The van der Waals surface area contributed by atoms with Crippen LogP contribution in [0, 0.1) is 0 Å². The molecule has 0 saturated carbocycles. The van der Waals surface area contributed by atoms with Crippen molar-refractivity contribution in [3.05, 3.63) is 88.0 Å². The lowest BCUT2D eigenvalue weighted by Crippen LogP contribution is -2.34. The van der Waals surface area contributed by atoms with Crippen molar-refractivity contribution < 1.29 is 33.9 Å². The Morgan fingerprint density at radius 3 is 1.65 bits per heavy atom. The average molecular weight is 625 g/mol. The lowest BCUT2D eigenvalue weighted by Gasteiger charge is -2.38. The van der Waals surface area contributed by atoms with Gasteiger partial charge >= 0.3 is 0 Å². The molecule has 0 radical (unpaired) electrons. The third-order valence-electron chi connectivity index (χ3n) is 9.77. The van der Waals surface area contributed by atoms with Crippen molar-refractivity contribution in [1.82, 2.24) is 9.80 Å². The number of methoxy groups -OCH3 is 3. The highest BCUT2D eigenvalue weighted by atomic mass is 16.5. The van der Waals surface area contributed by atoms with Crippen LogP contribution in [0.3, 0.4) is 0 Å². The molecule has 0 fully saturated rings. The number of hydrogen-bond donors (Lipinski definition) is 2. The number of rotatable bonds is 3. The van der Waals surface area contributed by atoms with Gasteiger partial charge in [0.15, 0.2) is 34.5 Å². The Morgan fingerprint density at radius 1 is 0.630 bits per heavy atom. The second-order valence-corrected chi connectivity index (χ2v) is 12.4. The first kappa shape index (κ1) is 30.1. The van der Waals surface area contributed by atoms with Gasteiger partial charge in [0.1, 0.15) is 5.75 Å². The molecule has 46 heavy (non-hydrogen) atoms. The summed E-state index contributed by atoms with van der Waals surface area (Å²) in [5, 5.41) is 23.5. The van der Waals surface area contributed by atoms with E-state index in [2.05, 4.69) is 36.0 Å². The van der Waals surface area contributed by atoms with Gasteiger partial charge in [-0.3, -0.25) is 9.80 Å². The van der Waals surface area contributed by atoms with Crippen LogP contribution in [-0.4, -0.2) is 68.5 Å². The Kier molecular flexibility index (Phi) is 7.82. The van der Waals surface area contributed by atoms with Crippen molar-refractivity contribution in [2.45, 2.75) is 37.8 Å². The molecule has 0 aliphatic carbocycles. The maximum Gasteiger partial charge on any atom is 0.201 e. The Balaban J connectivity index is 1.50. The molecule has 4 bridgehead atoms. The fourth-order valence-corrected chi connectivity index (χ4v) is 7.20. The van der Waals surface area contributed by atoms with Crippen LogP contribution in [0.2, 0.25) is 0 Å². The van der Waals surface area contributed by atoms with Gasteiger partial charge in [0.25, 0.3) is 0 Å². The Morgan fingerprint density at radius 2 is 1.13 bits per heavy atom. The van der Waals surface area contributed by atoms with E-state index in [1.54, 1.807) is 21.3 Å². The number of ether oxygens (including phenoxy) is 5. The number of phenols is 2. The minimum atomic E-state index is -0.159. The molecule has 240 valence electrons. The smallest absolute Gasteiger partial charge is 0.201 e. The first-order valence-electron chi connectivity index (χ1n) is 15.7. The third kappa shape index (κ3) is 5.13. The Bertz CT molecular complexity index is 1790. The van der Waals surface area contributed by atoms with Crippen LogP contribution in [0.4, 0.5) is 0 Å². The van der Waals surface area contributed by atoms with E-state index in [-0.39, 0.29) is 29.3 Å². The monoisotopic (exact) mass is 624 g/mol. The lowest BCUT2D eigenvalue weighted by atomic mass is 9.86. The zero-order valence-electron chi connectivity index (χ0n) is 26.9. The molecular weight excluding hydrogens is 584 g/mol. The molecule has 4 aromatic carbocycles. The van der Waals surface area contributed by atoms with Gasteiger partial charge in [0, 0.05) is 36.3 Å². The van der Waals surface area contributed by atoms with Crippen LogP contribution in [0.5, 0.6) is 51.7 Å². The summed E-state index contributed by atoms with van der Waals surface area (Å²) in [5.74, 6) is 3.02. The van der Waals surface area contributed by atoms with E-state index in [9.17, 15) is 10.2 Å². The van der Waals surface area contributed by atoms with Gasteiger partial charge in [-0.25, -0.2) is 0 Å². The average Bonchev–Trinajstić information content (AvgIpc) is 3.06. The first-order chi connectivity index (χ1) is 22.3. The molecule has 0 saturated heterocycles. The topological polar surface area (TPSA) is 93.1 Å². The van der Waals surface area contributed by atoms with Gasteiger partial charge < -0.3 is 33.9 Å². The SMILES string of the molecule is COc1ccc2cc1Oc1ccc(cc1)C[C@@H]1c3c(cc(OC)c(O)c3Oc3c(O)c(OC)cc4c3[C@@H](C2)N(C)CC4)CCN1C. The number of aromatic hydroxyl groups is 2. The highest BCUT2D eigenvalue weighted by molar-refractivity contribution is 5.66. The Labute approximate surface area is 269 Å². The van der Waals surface area contributed by atoms with E-state index >= 15 is 0 Å². The summed E-state index contributed by atoms with van der Waals surface area (Å²) < 4.78 is 30.2. The van der Waals surface area contributed by atoms with E-state index in [1.807, 2.05) is 42.5 Å². The van der Waals surface area contributed by atoms with Crippen LogP contribution < -0.4 is 23.7 Å². The van der Waals surface area contributed by atoms with E-state index in [0.29, 0.717) is 47.3 Å². The summed E-state index contributed by atoms with van der Waals surface area (Å²) in [4.78, 5) is 4.56. The molecule has 8 rings (SSSR count). The van der Waals surface area contributed by atoms with Gasteiger partial charge in [-0.2, -0.15) is 0 Å². The Hall–Kier alpha value is -4.60. The lowest BCUT2D eigenvalue weighted by molar-refractivity contribution is 0.214. The number of fused-ring (bicyclic) bond motifs is 2. The second kappa shape index (κ2) is 12.0.